The Labute approximate surface area is 159 Å². The van der Waals surface area contributed by atoms with Gasteiger partial charge in [0.05, 0.1) is 6.54 Å². The molecule has 5 heteroatoms. The number of ketones is 1. The maximum absolute atomic E-state index is 12.7. The zero-order valence-electron chi connectivity index (χ0n) is 15.7. The molecule has 0 radical (unpaired) electrons. The molecule has 0 aliphatic rings. The van der Waals surface area contributed by atoms with Gasteiger partial charge >= 0.3 is 0 Å². The van der Waals surface area contributed by atoms with E-state index in [-0.39, 0.29) is 18.2 Å². The molecule has 138 valence electrons. The van der Waals surface area contributed by atoms with Gasteiger partial charge in [0.1, 0.15) is 0 Å². The topological polar surface area (TPSA) is 63.1 Å². The van der Waals surface area contributed by atoms with E-state index in [1.807, 2.05) is 62.4 Å². The molecular weight excluding hydrogens is 338 g/mol. The average Bonchev–Trinajstić information content (AvgIpc) is 2.95. The largest absolute Gasteiger partial charge is 0.378 e. The Morgan fingerprint density at radius 2 is 1.56 bits per heavy atom. The fourth-order valence-corrected chi connectivity index (χ4v) is 3.17. The molecule has 0 atom stereocenters. The number of para-hydroxylation sites is 1. The molecule has 0 aliphatic heterocycles. The highest BCUT2D eigenvalue weighted by Gasteiger charge is 2.16. The second kappa shape index (κ2) is 7.91. The summed E-state index contributed by atoms with van der Waals surface area (Å²) >= 11 is 0. The minimum atomic E-state index is -0.111. The predicted octanol–water partition coefficient (Wildman–Crippen LogP) is 4.35. The van der Waals surface area contributed by atoms with Crippen molar-refractivity contribution < 1.29 is 9.59 Å². The van der Waals surface area contributed by atoms with E-state index >= 15 is 0 Å². The van der Waals surface area contributed by atoms with E-state index in [4.69, 9.17) is 0 Å². The monoisotopic (exact) mass is 361 g/mol. The number of carbonyl (C=O) groups excluding carboxylic acids is 2. The maximum Gasteiger partial charge on any atom is 0.221 e. The molecule has 27 heavy (non-hydrogen) atoms. The molecule has 3 aromatic rings. The molecule has 1 heterocycles. The highest BCUT2D eigenvalue weighted by molar-refractivity contribution is 6.00. The number of amides is 1. The SMILES string of the molecule is CC(=O)Nc1ccc(NCC(=O)c2cc(C)n(-c3ccccc3)c2C)cc1. The Kier molecular flexibility index (Phi) is 5.41. The van der Waals surface area contributed by atoms with E-state index in [1.165, 1.54) is 6.92 Å². The Morgan fingerprint density at radius 1 is 0.926 bits per heavy atom. The van der Waals surface area contributed by atoms with Gasteiger partial charge in [-0.3, -0.25) is 9.59 Å². The van der Waals surface area contributed by atoms with E-state index in [9.17, 15) is 9.59 Å². The molecule has 0 saturated heterocycles. The molecule has 1 aromatic heterocycles. The number of nitrogens with one attached hydrogen (secondary N) is 2. The molecule has 0 spiro atoms. The van der Waals surface area contributed by atoms with Crippen molar-refractivity contribution in [3.8, 4) is 5.69 Å². The zero-order valence-corrected chi connectivity index (χ0v) is 15.7. The lowest BCUT2D eigenvalue weighted by Crippen LogP contribution is -2.15. The van der Waals surface area contributed by atoms with Crippen LogP contribution in [-0.2, 0) is 4.79 Å². The Morgan fingerprint density at radius 3 is 2.19 bits per heavy atom. The first-order valence-electron chi connectivity index (χ1n) is 8.85. The predicted molar refractivity (Wildman–Crippen MR) is 109 cm³/mol. The minimum absolute atomic E-state index is 0.0382. The number of nitrogens with zero attached hydrogens (tertiary/aromatic N) is 1. The lowest BCUT2D eigenvalue weighted by molar-refractivity contribution is -0.114. The molecule has 0 aliphatic carbocycles. The number of carbonyl (C=O) groups is 2. The van der Waals surface area contributed by atoms with Crippen molar-refractivity contribution in [1.82, 2.24) is 4.57 Å². The Balaban J connectivity index is 1.71. The van der Waals surface area contributed by atoms with Crippen molar-refractivity contribution in [2.45, 2.75) is 20.8 Å². The Bertz CT molecular complexity index is 957. The zero-order chi connectivity index (χ0) is 19.4. The average molecular weight is 361 g/mol. The smallest absolute Gasteiger partial charge is 0.221 e. The van der Waals surface area contributed by atoms with E-state index in [2.05, 4.69) is 15.2 Å². The standard InChI is InChI=1S/C22H23N3O2/c1-15-13-21(16(2)25(15)20-7-5-4-6-8-20)22(27)14-23-18-9-11-19(12-10-18)24-17(3)26/h4-13,23H,14H2,1-3H3,(H,24,26). The van der Waals surface area contributed by atoms with Crippen LogP contribution in [0.5, 0.6) is 0 Å². The van der Waals surface area contributed by atoms with Crippen molar-refractivity contribution in [1.29, 1.82) is 0 Å². The highest BCUT2D eigenvalue weighted by Crippen LogP contribution is 2.21. The van der Waals surface area contributed by atoms with Crippen LogP contribution in [0.25, 0.3) is 5.69 Å². The molecule has 5 nitrogen and oxygen atoms in total. The summed E-state index contributed by atoms with van der Waals surface area (Å²) in [5.74, 6) is -0.0733. The summed E-state index contributed by atoms with van der Waals surface area (Å²) in [7, 11) is 0. The first-order valence-corrected chi connectivity index (χ1v) is 8.85. The second-order valence-corrected chi connectivity index (χ2v) is 6.49. The van der Waals surface area contributed by atoms with Crippen LogP contribution in [0, 0.1) is 13.8 Å². The quantitative estimate of drug-likeness (QED) is 0.642. The van der Waals surface area contributed by atoms with Gasteiger partial charge in [-0.15, -0.1) is 0 Å². The van der Waals surface area contributed by atoms with E-state index in [0.717, 1.165) is 34.0 Å². The summed E-state index contributed by atoms with van der Waals surface area (Å²) < 4.78 is 2.09. The van der Waals surface area contributed by atoms with Crippen molar-refractivity contribution >= 4 is 23.1 Å². The van der Waals surface area contributed by atoms with Gasteiger partial charge in [0.25, 0.3) is 0 Å². The highest BCUT2D eigenvalue weighted by atomic mass is 16.1. The first-order chi connectivity index (χ1) is 13.0. The van der Waals surface area contributed by atoms with Crippen molar-refractivity contribution in [2.75, 3.05) is 17.2 Å². The summed E-state index contributed by atoms with van der Waals surface area (Å²) in [5.41, 5.74) is 5.29. The number of hydrogen-bond acceptors (Lipinski definition) is 3. The second-order valence-electron chi connectivity index (χ2n) is 6.49. The van der Waals surface area contributed by atoms with Crippen LogP contribution >= 0.6 is 0 Å². The summed E-state index contributed by atoms with van der Waals surface area (Å²) in [6.07, 6.45) is 0. The molecule has 2 N–H and O–H groups in total. The lowest BCUT2D eigenvalue weighted by Gasteiger charge is -2.10. The van der Waals surface area contributed by atoms with Crippen LogP contribution < -0.4 is 10.6 Å². The number of aromatic nitrogens is 1. The third-order valence-electron chi connectivity index (χ3n) is 4.40. The molecule has 0 saturated carbocycles. The van der Waals surface area contributed by atoms with Crippen LogP contribution in [0.4, 0.5) is 11.4 Å². The number of benzene rings is 2. The summed E-state index contributed by atoms with van der Waals surface area (Å²) in [6, 6.07) is 19.2. The fourth-order valence-electron chi connectivity index (χ4n) is 3.17. The van der Waals surface area contributed by atoms with E-state index in [0.29, 0.717) is 0 Å². The van der Waals surface area contributed by atoms with Gasteiger partial charge in [-0.25, -0.2) is 0 Å². The van der Waals surface area contributed by atoms with Crippen molar-refractivity contribution in [3.63, 3.8) is 0 Å². The maximum atomic E-state index is 12.7. The molecule has 0 fully saturated rings. The number of hydrogen-bond donors (Lipinski definition) is 2. The molecule has 1 amide bonds. The van der Waals surface area contributed by atoms with Crippen LogP contribution in [-0.4, -0.2) is 22.8 Å². The lowest BCUT2D eigenvalue weighted by atomic mass is 10.1. The van der Waals surface area contributed by atoms with Gasteiger partial charge in [0.2, 0.25) is 5.91 Å². The minimum Gasteiger partial charge on any atom is -0.378 e. The molecule has 2 aromatic carbocycles. The molecule has 3 rings (SSSR count). The van der Waals surface area contributed by atoms with E-state index in [1.54, 1.807) is 12.1 Å². The number of aryl methyl sites for hydroxylation is 1. The van der Waals surface area contributed by atoms with Crippen LogP contribution in [0.2, 0.25) is 0 Å². The van der Waals surface area contributed by atoms with Gasteiger partial charge in [0, 0.05) is 40.9 Å². The third-order valence-corrected chi connectivity index (χ3v) is 4.40. The third kappa shape index (κ3) is 4.26. The van der Waals surface area contributed by atoms with Gasteiger partial charge < -0.3 is 15.2 Å². The van der Waals surface area contributed by atoms with Crippen LogP contribution in [0.15, 0.2) is 60.7 Å². The van der Waals surface area contributed by atoms with Crippen molar-refractivity contribution in [2.24, 2.45) is 0 Å². The number of anilines is 2. The number of rotatable bonds is 6. The summed E-state index contributed by atoms with van der Waals surface area (Å²) in [6.45, 7) is 5.65. The van der Waals surface area contributed by atoms with Crippen molar-refractivity contribution in [3.05, 3.63) is 77.6 Å². The van der Waals surface area contributed by atoms with Gasteiger partial charge in [0.15, 0.2) is 5.78 Å². The molecule has 0 unspecified atom stereocenters. The van der Waals surface area contributed by atoms with Crippen LogP contribution in [0.3, 0.4) is 0 Å². The number of Topliss-reactive ketones (excluding diaryl/α,β-unsaturated/α-hetero) is 1. The van der Waals surface area contributed by atoms with E-state index < -0.39 is 0 Å². The summed E-state index contributed by atoms with van der Waals surface area (Å²) in [5, 5.41) is 5.87. The Hall–Kier alpha value is -3.34. The van der Waals surface area contributed by atoms with Gasteiger partial charge in [-0.05, 0) is 56.3 Å². The fraction of sp³-hybridized carbons (Fsp3) is 0.182. The first kappa shape index (κ1) is 18.5. The molecule has 0 bridgehead atoms. The van der Waals surface area contributed by atoms with Gasteiger partial charge in [-0.1, -0.05) is 18.2 Å². The molecular formula is C22H23N3O2. The summed E-state index contributed by atoms with van der Waals surface area (Å²) in [4.78, 5) is 23.8. The normalized spacial score (nSPS) is 10.5. The van der Waals surface area contributed by atoms with Gasteiger partial charge in [-0.2, -0.15) is 0 Å². The van der Waals surface area contributed by atoms with Crippen LogP contribution in [0.1, 0.15) is 28.7 Å².